The molecule has 10 heteroatoms. The lowest BCUT2D eigenvalue weighted by Crippen LogP contribution is -2.47. The third kappa shape index (κ3) is 4.91. The molecule has 10 nitrogen and oxygen atoms in total. The number of methoxy groups -OCH3 is 2. The SMILES string of the molecule is COc1ccc(-c2noc(COC(=O)[C@@H](CC(C)C)N3C(=O)[C@H]4CC=CC[C@H]4C3=O)n2)cc1OC. The molecule has 1 saturated heterocycles. The molecule has 1 aromatic carbocycles. The van der Waals surface area contributed by atoms with Crippen LogP contribution in [0.4, 0.5) is 0 Å². The molecule has 0 spiro atoms. The number of hydrogen-bond donors (Lipinski definition) is 0. The molecular weight excluding hydrogens is 454 g/mol. The molecule has 3 atom stereocenters. The second-order valence-corrected chi connectivity index (χ2v) is 9.04. The molecule has 0 saturated carbocycles. The van der Waals surface area contributed by atoms with Gasteiger partial charge in [-0.2, -0.15) is 4.98 Å². The molecule has 0 bridgehead atoms. The molecule has 1 aromatic heterocycles. The van der Waals surface area contributed by atoms with Gasteiger partial charge in [0.2, 0.25) is 17.6 Å². The first kappa shape index (κ1) is 24.4. The Kier molecular flexibility index (Phi) is 7.18. The van der Waals surface area contributed by atoms with Gasteiger partial charge in [-0.05, 0) is 43.4 Å². The summed E-state index contributed by atoms with van der Waals surface area (Å²) in [6.45, 7) is 3.57. The van der Waals surface area contributed by atoms with Crippen LogP contribution in [0.3, 0.4) is 0 Å². The summed E-state index contributed by atoms with van der Waals surface area (Å²) in [5, 5.41) is 3.94. The normalized spacial score (nSPS) is 20.2. The van der Waals surface area contributed by atoms with Crippen molar-refractivity contribution in [3.8, 4) is 22.9 Å². The first-order chi connectivity index (χ1) is 16.8. The number of hydrogen-bond acceptors (Lipinski definition) is 9. The van der Waals surface area contributed by atoms with Gasteiger partial charge >= 0.3 is 5.97 Å². The van der Waals surface area contributed by atoms with Crippen LogP contribution in [0, 0.1) is 17.8 Å². The molecule has 186 valence electrons. The zero-order valence-corrected chi connectivity index (χ0v) is 20.2. The highest BCUT2D eigenvalue weighted by Gasteiger charge is 2.51. The number of allylic oxidation sites excluding steroid dienone is 2. The first-order valence-electron chi connectivity index (χ1n) is 11.6. The van der Waals surface area contributed by atoms with Crippen molar-refractivity contribution in [1.29, 1.82) is 0 Å². The number of rotatable bonds is 9. The van der Waals surface area contributed by atoms with Crippen molar-refractivity contribution < 1.29 is 33.1 Å². The quantitative estimate of drug-likeness (QED) is 0.301. The van der Waals surface area contributed by atoms with Crippen LogP contribution in [0.15, 0.2) is 34.9 Å². The molecule has 1 aliphatic carbocycles. The van der Waals surface area contributed by atoms with Crippen molar-refractivity contribution in [2.45, 2.75) is 45.8 Å². The predicted molar refractivity (Wildman–Crippen MR) is 123 cm³/mol. The van der Waals surface area contributed by atoms with Crippen molar-refractivity contribution in [1.82, 2.24) is 15.0 Å². The molecule has 1 fully saturated rings. The summed E-state index contributed by atoms with van der Waals surface area (Å²) >= 11 is 0. The largest absolute Gasteiger partial charge is 0.493 e. The van der Waals surface area contributed by atoms with E-state index in [1.54, 1.807) is 25.3 Å². The number of nitrogens with zero attached hydrogens (tertiary/aromatic N) is 3. The van der Waals surface area contributed by atoms with Gasteiger partial charge in [0.05, 0.1) is 26.1 Å². The monoisotopic (exact) mass is 483 g/mol. The second-order valence-electron chi connectivity index (χ2n) is 9.04. The average molecular weight is 484 g/mol. The minimum absolute atomic E-state index is 0.0639. The third-order valence-corrected chi connectivity index (χ3v) is 6.27. The Morgan fingerprint density at radius 3 is 2.34 bits per heavy atom. The molecule has 0 unspecified atom stereocenters. The maximum atomic E-state index is 13.1. The summed E-state index contributed by atoms with van der Waals surface area (Å²) in [7, 11) is 3.07. The van der Waals surface area contributed by atoms with Crippen LogP contribution in [0.25, 0.3) is 11.4 Å². The highest BCUT2D eigenvalue weighted by Crippen LogP contribution is 2.37. The minimum atomic E-state index is -0.992. The minimum Gasteiger partial charge on any atom is -0.493 e. The Hall–Kier alpha value is -3.69. The summed E-state index contributed by atoms with van der Waals surface area (Å²) in [4.78, 5) is 44.5. The Balaban J connectivity index is 1.46. The number of carbonyl (C=O) groups is 3. The number of ether oxygens (including phenoxy) is 3. The summed E-state index contributed by atoms with van der Waals surface area (Å²) in [5.74, 6) is -0.583. The van der Waals surface area contributed by atoms with E-state index in [0.29, 0.717) is 36.3 Å². The molecule has 35 heavy (non-hydrogen) atoms. The van der Waals surface area contributed by atoms with Gasteiger partial charge in [0, 0.05) is 5.56 Å². The van der Waals surface area contributed by atoms with Crippen LogP contribution >= 0.6 is 0 Å². The van der Waals surface area contributed by atoms with E-state index in [1.165, 1.54) is 7.11 Å². The number of imide groups is 1. The van der Waals surface area contributed by atoms with Crippen molar-refractivity contribution in [2.24, 2.45) is 17.8 Å². The van der Waals surface area contributed by atoms with Crippen molar-refractivity contribution >= 4 is 17.8 Å². The van der Waals surface area contributed by atoms with E-state index in [9.17, 15) is 14.4 Å². The molecule has 2 aromatic rings. The second kappa shape index (κ2) is 10.3. The van der Waals surface area contributed by atoms with E-state index < -0.39 is 23.8 Å². The standard InChI is InChI=1S/C25H29N3O7/c1-14(2)11-18(28-23(29)16-7-5-6-8-17(16)24(28)30)25(31)34-13-21-26-22(27-35-21)15-9-10-19(32-3)20(12-15)33-4/h5-6,9-10,12,14,16-18H,7-8,11,13H2,1-4H3/t16-,17+,18-/m1/s1. The summed E-state index contributed by atoms with van der Waals surface area (Å²) in [5.41, 5.74) is 0.631. The van der Waals surface area contributed by atoms with Crippen LogP contribution in [-0.2, 0) is 25.7 Å². The van der Waals surface area contributed by atoms with E-state index in [1.807, 2.05) is 26.0 Å². The number of likely N-dealkylation sites (tertiary alicyclic amines) is 1. The Morgan fingerprint density at radius 2 is 1.74 bits per heavy atom. The van der Waals surface area contributed by atoms with Crippen molar-refractivity contribution in [3.05, 3.63) is 36.2 Å². The lowest BCUT2D eigenvalue weighted by Gasteiger charge is -2.26. The van der Waals surface area contributed by atoms with Gasteiger partial charge in [-0.25, -0.2) is 4.79 Å². The molecule has 4 rings (SSSR count). The predicted octanol–water partition coefficient (Wildman–Crippen LogP) is 3.16. The fourth-order valence-electron chi connectivity index (χ4n) is 4.52. The van der Waals surface area contributed by atoms with Crippen LogP contribution in [0.2, 0.25) is 0 Å². The topological polar surface area (TPSA) is 121 Å². The Labute approximate surface area is 203 Å². The zero-order valence-electron chi connectivity index (χ0n) is 20.2. The first-order valence-corrected chi connectivity index (χ1v) is 11.6. The number of benzene rings is 1. The smallest absolute Gasteiger partial charge is 0.329 e. The number of amides is 2. The number of esters is 1. The highest BCUT2D eigenvalue weighted by molar-refractivity contribution is 6.08. The maximum Gasteiger partial charge on any atom is 0.329 e. The van der Waals surface area contributed by atoms with Gasteiger partial charge in [0.15, 0.2) is 18.1 Å². The molecule has 0 N–H and O–H groups in total. The van der Waals surface area contributed by atoms with E-state index in [2.05, 4.69) is 10.1 Å². The van der Waals surface area contributed by atoms with Crippen molar-refractivity contribution in [2.75, 3.05) is 14.2 Å². The van der Waals surface area contributed by atoms with Crippen molar-refractivity contribution in [3.63, 3.8) is 0 Å². The zero-order chi connectivity index (χ0) is 25.1. The average Bonchev–Trinajstić information content (AvgIpc) is 3.43. The molecule has 1 aliphatic heterocycles. The molecule has 2 amide bonds. The van der Waals surface area contributed by atoms with E-state index in [0.717, 1.165) is 4.90 Å². The van der Waals surface area contributed by atoms with Gasteiger partial charge in [-0.3, -0.25) is 14.5 Å². The lowest BCUT2D eigenvalue weighted by molar-refractivity contribution is -0.161. The van der Waals surface area contributed by atoms with E-state index in [4.69, 9.17) is 18.7 Å². The van der Waals surface area contributed by atoms with E-state index >= 15 is 0 Å². The molecule has 2 aliphatic rings. The molecule has 2 heterocycles. The maximum absolute atomic E-state index is 13.1. The third-order valence-electron chi connectivity index (χ3n) is 6.27. The lowest BCUT2D eigenvalue weighted by atomic mass is 9.85. The van der Waals surface area contributed by atoms with Gasteiger partial charge in [-0.1, -0.05) is 31.2 Å². The molecule has 0 radical (unpaired) electrons. The van der Waals surface area contributed by atoms with Gasteiger partial charge in [0.1, 0.15) is 6.04 Å². The Morgan fingerprint density at radius 1 is 1.09 bits per heavy atom. The summed E-state index contributed by atoms with van der Waals surface area (Å²) in [6.07, 6.45) is 5.16. The molecular formula is C25H29N3O7. The highest BCUT2D eigenvalue weighted by atomic mass is 16.6. The van der Waals surface area contributed by atoms with E-state index in [-0.39, 0.29) is 36.1 Å². The van der Waals surface area contributed by atoms with Crippen LogP contribution in [-0.4, -0.2) is 53.1 Å². The van der Waals surface area contributed by atoms with Crippen LogP contribution in [0.1, 0.15) is 39.0 Å². The van der Waals surface area contributed by atoms with Gasteiger partial charge in [-0.15, -0.1) is 0 Å². The number of aromatic nitrogens is 2. The number of fused-ring (bicyclic) bond motifs is 1. The van der Waals surface area contributed by atoms with Crippen LogP contribution < -0.4 is 9.47 Å². The number of carbonyl (C=O) groups excluding carboxylic acids is 3. The summed E-state index contributed by atoms with van der Waals surface area (Å²) in [6, 6.07) is 4.18. The summed E-state index contributed by atoms with van der Waals surface area (Å²) < 4.78 is 21.2. The Bertz CT molecular complexity index is 1110. The van der Waals surface area contributed by atoms with Crippen LogP contribution in [0.5, 0.6) is 11.5 Å². The fourth-order valence-corrected chi connectivity index (χ4v) is 4.52. The van der Waals surface area contributed by atoms with Gasteiger partial charge in [0.25, 0.3) is 5.89 Å². The fraction of sp³-hybridized carbons (Fsp3) is 0.480. The van der Waals surface area contributed by atoms with Gasteiger partial charge < -0.3 is 18.7 Å².